The molecule has 9 heteroatoms. The minimum Gasteiger partial charge on any atom is -0.481 e. The topological polar surface area (TPSA) is 117 Å². The fourth-order valence-corrected chi connectivity index (χ4v) is 1.67. The quantitative estimate of drug-likeness (QED) is 0.385. The fourth-order valence-electron chi connectivity index (χ4n) is 1.49. The van der Waals surface area contributed by atoms with Crippen molar-refractivity contribution in [3.05, 3.63) is 28.8 Å². The van der Waals surface area contributed by atoms with Crippen LogP contribution in [0, 0.1) is 0 Å². The highest BCUT2D eigenvalue weighted by Crippen LogP contribution is 2.21. The lowest BCUT2D eigenvalue weighted by Crippen LogP contribution is -2.41. The maximum atomic E-state index is 11.6. The molecule has 1 atom stereocenters. The van der Waals surface area contributed by atoms with Crippen molar-refractivity contribution < 1.29 is 24.2 Å². The second kappa shape index (κ2) is 9.51. The van der Waals surface area contributed by atoms with Crippen molar-refractivity contribution in [2.24, 2.45) is 5.10 Å². The molecule has 0 aliphatic heterocycles. The van der Waals surface area contributed by atoms with Gasteiger partial charge >= 0.3 is 17.8 Å². The highest BCUT2D eigenvalue weighted by Gasteiger charge is 2.14. The number of carboxylic acid groups (broad SMARTS) is 1. The zero-order valence-corrected chi connectivity index (χ0v) is 14.0. The van der Waals surface area contributed by atoms with Crippen LogP contribution in [-0.2, 0) is 14.4 Å². The lowest BCUT2D eigenvalue weighted by molar-refractivity contribution is -0.139. The monoisotopic (exact) mass is 355 g/mol. The molecule has 0 radical (unpaired) electrons. The van der Waals surface area contributed by atoms with Crippen LogP contribution in [0.15, 0.2) is 23.3 Å². The fraction of sp³-hybridized carbons (Fsp3) is 0.333. The number of amides is 2. The van der Waals surface area contributed by atoms with Crippen LogP contribution < -0.4 is 15.5 Å². The van der Waals surface area contributed by atoms with Gasteiger partial charge in [-0.1, -0.05) is 18.5 Å². The molecule has 24 heavy (non-hydrogen) atoms. The SMILES string of the molecule is CC[C@H](C)NC(=O)C(=O)N/N=C\c1cc(Cl)ccc1OCC(=O)O. The van der Waals surface area contributed by atoms with Crippen molar-refractivity contribution in [2.75, 3.05) is 6.61 Å². The third kappa shape index (κ3) is 6.66. The van der Waals surface area contributed by atoms with Gasteiger partial charge < -0.3 is 15.2 Å². The predicted molar refractivity (Wildman–Crippen MR) is 88.2 cm³/mol. The number of carbonyl (C=O) groups excluding carboxylic acids is 2. The summed E-state index contributed by atoms with van der Waals surface area (Å²) in [5.74, 6) is -2.62. The van der Waals surface area contributed by atoms with Crippen LogP contribution >= 0.6 is 11.6 Å². The van der Waals surface area contributed by atoms with Gasteiger partial charge in [-0.25, -0.2) is 10.2 Å². The number of rotatable bonds is 7. The first-order chi connectivity index (χ1) is 11.3. The van der Waals surface area contributed by atoms with Gasteiger partial charge in [0.25, 0.3) is 0 Å². The number of halogens is 1. The van der Waals surface area contributed by atoms with Crippen LogP contribution in [0.1, 0.15) is 25.8 Å². The van der Waals surface area contributed by atoms with Gasteiger partial charge in [0.2, 0.25) is 0 Å². The molecule has 2 amide bonds. The Hall–Kier alpha value is -2.61. The first-order valence-electron chi connectivity index (χ1n) is 7.11. The van der Waals surface area contributed by atoms with E-state index in [1.165, 1.54) is 24.4 Å². The van der Waals surface area contributed by atoms with Crippen LogP contribution in [-0.4, -0.2) is 41.8 Å². The van der Waals surface area contributed by atoms with Gasteiger partial charge in [-0.2, -0.15) is 5.10 Å². The summed E-state index contributed by atoms with van der Waals surface area (Å²) in [5.41, 5.74) is 2.43. The summed E-state index contributed by atoms with van der Waals surface area (Å²) < 4.78 is 5.08. The van der Waals surface area contributed by atoms with Crippen molar-refractivity contribution >= 4 is 35.6 Å². The first-order valence-corrected chi connectivity index (χ1v) is 7.49. The van der Waals surface area contributed by atoms with Crippen molar-refractivity contribution in [1.29, 1.82) is 0 Å². The molecule has 0 saturated heterocycles. The Morgan fingerprint density at radius 1 is 1.38 bits per heavy atom. The number of hydrazone groups is 1. The number of nitrogens with zero attached hydrogens (tertiary/aromatic N) is 1. The molecule has 3 N–H and O–H groups in total. The molecule has 0 aliphatic carbocycles. The second-order valence-corrected chi connectivity index (χ2v) is 5.28. The first kappa shape index (κ1) is 19.4. The van der Waals surface area contributed by atoms with Crippen LogP contribution in [0.5, 0.6) is 5.75 Å². The number of ether oxygens (including phenoxy) is 1. The molecule has 0 heterocycles. The molecule has 0 aromatic heterocycles. The number of hydrogen-bond donors (Lipinski definition) is 3. The summed E-state index contributed by atoms with van der Waals surface area (Å²) in [6.45, 7) is 3.11. The third-order valence-electron chi connectivity index (χ3n) is 2.89. The van der Waals surface area contributed by atoms with Gasteiger partial charge in [0.1, 0.15) is 5.75 Å². The molecule has 0 bridgehead atoms. The van der Waals surface area contributed by atoms with Crippen molar-refractivity contribution in [2.45, 2.75) is 26.3 Å². The van der Waals surface area contributed by atoms with Gasteiger partial charge in [0.15, 0.2) is 6.61 Å². The van der Waals surface area contributed by atoms with Gasteiger partial charge in [-0.15, -0.1) is 0 Å². The van der Waals surface area contributed by atoms with E-state index in [-0.39, 0.29) is 11.8 Å². The van der Waals surface area contributed by atoms with Crippen LogP contribution in [0.4, 0.5) is 0 Å². The third-order valence-corrected chi connectivity index (χ3v) is 3.12. The van der Waals surface area contributed by atoms with Gasteiger partial charge in [0.05, 0.1) is 6.21 Å². The highest BCUT2D eigenvalue weighted by molar-refractivity contribution is 6.35. The maximum absolute atomic E-state index is 11.6. The Bertz CT molecular complexity index is 648. The molecule has 130 valence electrons. The number of benzene rings is 1. The number of hydrogen-bond acceptors (Lipinski definition) is 5. The largest absolute Gasteiger partial charge is 0.481 e. The molecule has 8 nitrogen and oxygen atoms in total. The molecular formula is C15H18ClN3O5. The van der Waals surface area contributed by atoms with E-state index in [0.717, 1.165) is 0 Å². The number of nitrogens with one attached hydrogen (secondary N) is 2. The van der Waals surface area contributed by atoms with Gasteiger partial charge in [0, 0.05) is 16.6 Å². The van der Waals surface area contributed by atoms with Crippen molar-refractivity contribution in [3.8, 4) is 5.75 Å². The summed E-state index contributed by atoms with van der Waals surface area (Å²) >= 11 is 5.86. The predicted octanol–water partition coefficient (Wildman–Crippen LogP) is 1.17. The van der Waals surface area contributed by atoms with Gasteiger partial charge in [-0.3, -0.25) is 9.59 Å². The lowest BCUT2D eigenvalue weighted by Gasteiger charge is -2.09. The van der Waals surface area contributed by atoms with E-state index in [4.69, 9.17) is 21.4 Å². The maximum Gasteiger partial charge on any atom is 0.341 e. The Balaban J connectivity index is 2.72. The average molecular weight is 356 g/mol. The summed E-state index contributed by atoms with van der Waals surface area (Å²) in [4.78, 5) is 33.7. The summed E-state index contributed by atoms with van der Waals surface area (Å²) in [7, 11) is 0. The molecule has 0 aliphatic rings. The smallest absolute Gasteiger partial charge is 0.341 e. The standard InChI is InChI=1S/C15H18ClN3O5/c1-3-9(2)18-14(22)15(23)19-17-7-10-6-11(16)4-5-12(10)24-8-13(20)21/h4-7,9H,3,8H2,1-2H3,(H,18,22)(H,19,23)(H,20,21)/b17-7-/t9-/m0/s1. The molecule has 0 spiro atoms. The molecule has 1 aromatic carbocycles. The van der Waals surface area contributed by atoms with Crippen LogP contribution in [0.3, 0.4) is 0 Å². The lowest BCUT2D eigenvalue weighted by atomic mass is 10.2. The highest BCUT2D eigenvalue weighted by atomic mass is 35.5. The van der Waals surface area contributed by atoms with E-state index in [1.807, 2.05) is 6.92 Å². The number of carbonyl (C=O) groups is 3. The Morgan fingerprint density at radius 2 is 2.08 bits per heavy atom. The summed E-state index contributed by atoms with van der Waals surface area (Å²) in [5, 5.41) is 15.2. The summed E-state index contributed by atoms with van der Waals surface area (Å²) in [6.07, 6.45) is 1.90. The molecule has 1 aromatic rings. The van der Waals surface area contributed by atoms with Crippen LogP contribution in [0.2, 0.25) is 5.02 Å². The molecule has 0 saturated carbocycles. The van der Waals surface area contributed by atoms with Crippen molar-refractivity contribution in [3.63, 3.8) is 0 Å². The number of carboxylic acids is 1. The molecular weight excluding hydrogens is 338 g/mol. The summed E-state index contributed by atoms with van der Waals surface area (Å²) in [6, 6.07) is 4.35. The normalized spacial score (nSPS) is 11.8. The van der Waals surface area contributed by atoms with Gasteiger partial charge in [-0.05, 0) is 31.5 Å². The number of aliphatic carboxylic acids is 1. The van der Waals surface area contributed by atoms with E-state index in [9.17, 15) is 14.4 Å². The minimum atomic E-state index is -1.14. The molecule has 0 unspecified atom stereocenters. The second-order valence-electron chi connectivity index (χ2n) is 4.85. The Morgan fingerprint density at radius 3 is 2.71 bits per heavy atom. The van der Waals surface area contributed by atoms with Crippen molar-refractivity contribution in [1.82, 2.24) is 10.7 Å². The average Bonchev–Trinajstić information content (AvgIpc) is 2.53. The van der Waals surface area contributed by atoms with E-state index >= 15 is 0 Å². The van der Waals surface area contributed by atoms with Crippen LogP contribution in [0.25, 0.3) is 0 Å². The van der Waals surface area contributed by atoms with E-state index in [1.54, 1.807) is 6.92 Å². The molecule has 0 fully saturated rings. The van der Waals surface area contributed by atoms with E-state index < -0.39 is 24.4 Å². The Kier molecular flexibility index (Phi) is 7.70. The zero-order valence-electron chi connectivity index (χ0n) is 13.2. The zero-order chi connectivity index (χ0) is 18.1. The minimum absolute atomic E-state index is 0.129. The Labute approximate surface area is 143 Å². The van der Waals surface area contributed by atoms with E-state index in [2.05, 4.69) is 15.8 Å². The molecule has 1 rings (SSSR count). The van der Waals surface area contributed by atoms with E-state index in [0.29, 0.717) is 17.0 Å².